The average molecular weight is 300 g/mol. The normalized spacial score (nSPS) is 19.7. The van der Waals surface area contributed by atoms with Gasteiger partial charge in [-0.3, -0.25) is 0 Å². The van der Waals surface area contributed by atoms with Crippen molar-refractivity contribution in [1.82, 2.24) is 20.9 Å². The maximum Gasteiger partial charge on any atom is 0.407 e. The smallest absolute Gasteiger partial charge is 0.407 e. The molecule has 0 aromatic carbocycles. The van der Waals surface area contributed by atoms with Crippen LogP contribution >= 0.6 is 0 Å². The molecule has 1 aliphatic rings. The molecule has 21 heavy (non-hydrogen) atoms. The monoisotopic (exact) mass is 300 g/mol. The minimum Gasteiger partial charge on any atom is -0.444 e. The summed E-state index contributed by atoms with van der Waals surface area (Å²) in [5.41, 5.74) is -0.512. The highest BCUT2D eigenvalue weighted by atomic mass is 16.6. The largest absolute Gasteiger partial charge is 0.444 e. The van der Waals surface area contributed by atoms with E-state index in [4.69, 9.17) is 4.74 Å². The van der Waals surface area contributed by atoms with Gasteiger partial charge in [-0.2, -0.15) is 0 Å². The second-order valence-corrected chi connectivity index (χ2v) is 6.43. The number of likely N-dealkylation sites (tertiary alicyclic amines) is 1. The van der Waals surface area contributed by atoms with E-state index in [-0.39, 0.29) is 12.1 Å². The van der Waals surface area contributed by atoms with Crippen molar-refractivity contribution in [3.8, 4) is 0 Å². The highest BCUT2D eigenvalue weighted by Gasteiger charge is 2.19. The predicted molar refractivity (Wildman–Crippen MR) is 81.3 cm³/mol. The first-order valence-corrected chi connectivity index (χ1v) is 7.46. The fourth-order valence-electron chi connectivity index (χ4n) is 2.18. The molecular weight excluding hydrogens is 272 g/mol. The molecule has 1 rings (SSSR count). The Labute approximate surface area is 126 Å². The zero-order valence-electron chi connectivity index (χ0n) is 13.5. The van der Waals surface area contributed by atoms with Gasteiger partial charge in [-0.05, 0) is 47.2 Å². The number of nitrogens with zero attached hydrogens (tertiary/aromatic N) is 1. The van der Waals surface area contributed by atoms with Gasteiger partial charge in [0.15, 0.2) is 0 Å². The highest BCUT2D eigenvalue weighted by Crippen LogP contribution is 2.07. The van der Waals surface area contributed by atoms with Gasteiger partial charge < -0.3 is 25.6 Å². The van der Waals surface area contributed by atoms with Crippen LogP contribution in [0, 0.1) is 0 Å². The second kappa shape index (κ2) is 8.07. The van der Waals surface area contributed by atoms with E-state index in [0.717, 1.165) is 25.9 Å². The number of hydrogen-bond donors (Lipinski definition) is 3. The molecule has 0 radical (unpaired) electrons. The molecule has 0 saturated carbocycles. The Morgan fingerprint density at radius 2 is 1.90 bits per heavy atom. The summed E-state index contributed by atoms with van der Waals surface area (Å²) < 4.78 is 5.09. The molecule has 3 amide bonds. The van der Waals surface area contributed by atoms with E-state index in [1.807, 2.05) is 0 Å². The Hall–Kier alpha value is -1.50. The van der Waals surface area contributed by atoms with Gasteiger partial charge in [-0.25, -0.2) is 9.59 Å². The maximum atomic E-state index is 11.7. The first-order chi connectivity index (χ1) is 9.76. The lowest BCUT2D eigenvalue weighted by molar-refractivity contribution is 0.0528. The average Bonchev–Trinajstić information content (AvgIpc) is 2.32. The van der Waals surface area contributed by atoms with Crippen LogP contribution in [0.4, 0.5) is 9.59 Å². The second-order valence-electron chi connectivity index (χ2n) is 6.43. The van der Waals surface area contributed by atoms with Crippen molar-refractivity contribution in [1.29, 1.82) is 0 Å². The summed E-state index contributed by atoms with van der Waals surface area (Å²) >= 11 is 0. The highest BCUT2D eigenvalue weighted by molar-refractivity contribution is 5.74. The van der Waals surface area contributed by atoms with Crippen molar-refractivity contribution in [2.75, 3.05) is 33.2 Å². The molecular formula is C14H28N4O3. The summed E-state index contributed by atoms with van der Waals surface area (Å²) in [6, 6.07) is 0.00357. The molecule has 3 N–H and O–H groups in total. The van der Waals surface area contributed by atoms with Crippen LogP contribution in [0.3, 0.4) is 0 Å². The van der Waals surface area contributed by atoms with Crippen molar-refractivity contribution in [3.05, 3.63) is 0 Å². The summed E-state index contributed by atoms with van der Waals surface area (Å²) in [6.45, 7) is 8.09. The predicted octanol–water partition coefficient (Wildman–Crippen LogP) is 0.905. The third-order valence-electron chi connectivity index (χ3n) is 3.04. The number of nitrogens with one attached hydrogen (secondary N) is 3. The number of hydrogen-bond acceptors (Lipinski definition) is 4. The molecule has 1 heterocycles. The van der Waals surface area contributed by atoms with Crippen molar-refractivity contribution >= 4 is 12.1 Å². The van der Waals surface area contributed by atoms with E-state index in [0.29, 0.717) is 13.1 Å². The molecule has 0 spiro atoms. The van der Waals surface area contributed by atoms with E-state index >= 15 is 0 Å². The number of carbonyl (C=O) groups excluding carboxylic acids is 2. The van der Waals surface area contributed by atoms with Gasteiger partial charge in [-0.15, -0.1) is 0 Å². The number of alkyl carbamates (subject to hydrolysis) is 1. The fourth-order valence-corrected chi connectivity index (χ4v) is 2.18. The summed E-state index contributed by atoms with van der Waals surface area (Å²) in [4.78, 5) is 25.3. The van der Waals surface area contributed by atoms with Gasteiger partial charge in [0, 0.05) is 25.7 Å². The lowest BCUT2D eigenvalue weighted by Gasteiger charge is -2.30. The number of rotatable bonds is 4. The van der Waals surface area contributed by atoms with Gasteiger partial charge >= 0.3 is 12.1 Å². The van der Waals surface area contributed by atoms with Crippen LogP contribution < -0.4 is 16.0 Å². The van der Waals surface area contributed by atoms with Gasteiger partial charge in [0.2, 0.25) is 0 Å². The van der Waals surface area contributed by atoms with E-state index in [9.17, 15) is 9.59 Å². The molecule has 0 aromatic rings. The molecule has 7 heteroatoms. The zero-order valence-corrected chi connectivity index (χ0v) is 13.5. The van der Waals surface area contributed by atoms with E-state index in [1.54, 1.807) is 20.8 Å². The molecule has 0 aliphatic carbocycles. The quantitative estimate of drug-likeness (QED) is 0.674. The summed E-state index contributed by atoms with van der Waals surface area (Å²) in [5, 5.41) is 8.26. The van der Waals surface area contributed by atoms with Gasteiger partial charge in [0.05, 0.1) is 0 Å². The minimum atomic E-state index is -0.512. The lowest BCUT2D eigenvalue weighted by atomic mass is 10.1. The molecule has 0 bridgehead atoms. The SMILES string of the molecule is CN1CCCC(NC(=O)NCCNC(=O)OC(C)(C)C)C1. The molecule has 7 nitrogen and oxygen atoms in total. The topological polar surface area (TPSA) is 82.7 Å². The van der Waals surface area contributed by atoms with Gasteiger partial charge in [0.25, 0.3) is 0 Å². The molecule has 122 valence electrons. The van der Waals surface area contributed by atoms with Crippen LogP contribution in [-0.2, 0) is 4.74 Å². The Kier molecular flexibility index (Phi) is 6.74. The number of carbonyl (C=O) groups is 2. The summed E-state index contributed by atoms with van der Waals surface area (Å²) in [6.07, 6.45) is 1.63. The number of urea groups is 1. The molecule has 1 atom stereocenters. The first kappa shape index (κ1) is 17.6. The molecule has 1 unspecified atom stereocenters. The molecule has 1 fully saturated rings. The number of likely N-dealkylation sites (N-methyl/N-ethyl adjacent to an activating group) is 1. The Morgan fingerprint density at radius 1 is 1.24 bits per heavy atom. The van der Waals surface area contributed by atoms with E-state index < -0.39 is 11.7 Å². The molecule has 1 saturated heterocycles. The van der Waals surface area contributed by atoms with Crippen LogP contribution in [-0.4, -0.2) is 61.9 Å². The lowest BCUT2D eigenvalue weighted by Crippen LogP contribution is -2.50. The van der Waals surface area contributed by atoms with Crippen LogP contribution in [0.15, 0.2) is 0 Å². The third kappa shape index (κ3) is 8.39. The van der Waals surface area contributed by atoms with Crippen LogP contribution in [0.1, 0.15) is 33.6 Å². The van der Waals surface area contributed by atoms with E-state index in [1.165, 1.54) is 0 Å². The van der Waals surface area contributed by atoms with Crippen molar-refractivity contribution in [2.45, 2.75) is 45.3 Å². The standard InChI is InChI=1S/C14H28N4O3/c1-14(2,3)21-13(20)16-8-7-15-12(19)17-11-6-5-9-18(4)10-11/h11H,5-10H2,1-4H3,(H,16,20)(H2,15,17,19). The Balaban J connectivity index is 2.09. The molecule has 0 aromatic heterocycles. The fraction of sp³-hybridized carbons (Fsp3) is 0.857. The molecule has 1 aliphatic heterocycles. The van der Waals surface area contributed by atoms with Gasteiger partial charge in [-0.1, -0.05) is 0 Å². The van der Waals surface area contributed by atoms with Crippen molar-refractivity contribution < 1.29 is 14.3 Å². The maximum absolute atomic E-state index is 11.7. The van der Waals surface area contributed by atoms with Crippen molar-refractivity contribution in [3.63, 3.8) is 0 Å². The third-order valence-corrected chi connectivity index (χ3v) is 3.04. The van der Waals surface area contributed by atoms with Crippen molar-refractivity contribution in [2.24, 2.45) is 0 Å². The van der Waals surface area contributed by atoms with Crippen LogP contribution in [0.25, 0.3) is 0 Å². The number of piperidine rings is 1. The van der Waals surface area contributed by atoms with Crippen LogP contribution in [0.5, 0.6) is 0 Å². The van der Waals surface area contributed by atoms with Crippen LogP contribution in [0.2, 0.25) is 0 Å². The zero-order chi connectivity index (χ0) is 15.9. The van der Waals surface area contributed by atoms with Gasteiger partial charge in [0.1, 0.15) is 5.60 Å². The van der Waals surface area contributed by atoms with E-state index in [2.05, 4.69) is 27.9 Å². The Bertz CT molecular complexity index is 355. The Morgan fingerprint density at radius 3 is 2.52 bits per heavy atom. The summed E-state index contributed by atoms with van der Waals surface area (Å²) in [5.74, 6) is 0. The minimum absolute atomic E-state index is 0.193. The summed E-state index contributed by atoms with van der Waals surface area (Å²) in [7, 11) is 2.05. The number of amides is 3. The number of ether oxygens (including phenoxy) is 1. The first-order valence-electron chi connectivity index (χ1n) is 7.46.